The van der Waals surface area contributed by atoms with Crippen LogP contribution in [0.5, 0.6) is 11.9 Å². The fraction of sp³-hybridized carbons (Fsp3) is 0.276. The Morgan fingerprint density at radius 3 is 2.63 bits per heavy atom. The Hall–Kier alpha value is -4.37. The molecule has 0 aliphatic carbocycles. The van der Waals surface area contributed by atoms with Gasteiger partial charge in [0.2, 0.25) is 11.8 Å². The SMILES string of the molecule is C=CC(=O)Nc1cc(COc2cc(-c3cn(C)c4ccccc34)nc(OC)n2)ccc1N(C)CCN(C)C. The molecule has 4 rings (SSSR count). The average Bonchev–Trinajstić information content (AvgIpc) is 3.26. The zero-order valence-corrected chi connectivity index (χ0v) is 22.6. The number of carbonyl (C=O) groups excluding carboxylic acids is 1. The van der Waals surface area contributed by atoms with Crippen LogP contribution in [-0.4, -0.2) is 66.7 Å². The molecule has 1 amide bonds. The normalized spacial score (nSPS) is 11.0. The van der Waals surface area contributed by atoms with Gasteiger partial charge in [-0.05, 0) is 43.9 Å². The zero-order chi connectivity index (χ0) is 27.2. The van der Waals surface area contributed by atoms with Crippen molar-refractivity contribution in [2.24, 2.45) is 7.05 Å². The molecule has 2 aromatic heterocycles. The van der Waals surface area contributed by atoms with Crippen LogP contribution in [0.2, 0.25) is 0 Å². The van der Waals surface area contributed by atoms with E-state index in [4.69, 9.17) is 9.47 Å². The molecule has 2 heterocycles. The minimum Gasteiger partial charge on any atom is -0.473 e. The molecule has 1 N–H and O–H groups in total. The summed E-state index contributed by atoms with van der Waals surface area (Å²) < 4.78 is 13.5. The quantitative estimate of drug-likeness (QED) is 0.298. The minimum absolute atomic E-state index is 0.224. The standard InChI is InChI=1S/C29H34N6O3/c1-7-27(36)30-24-16-20(12-13-26(24)34(4)15-14-33(2)3)19-38-28-17-23(31-29(32-28)37-6)22-18-35(5)25-11-9-8-10-21(22)25/h7-13,16-18H,1,14-15,19H2,2-6H3,(H,30,36). The van der Waals surface area contributed by atoms with Gasteiger partial charge >= 0.3 is 6.01 Å². The maximum absolute atomic E-state index is 12.1. The van der Waals surface area contributed by atoms with Crippen molar-refractivity contribution >= 4 is 28.2 Å². The molecule has 0 unspecified atom stereocenters. The second kappa shape index (κ2) is 11.8. The number of aryl methyl sites for hydroxylation is 1. The Bertz CT molecular complexity index is 1450. The second-order valence-electron chi connectivity index (χ2n) is 9.31. The minimum atomic E-state index is -0.273. The van der Waals surface area contributed by atoms with E-state index in [1.165, 1.54) is 13.2 Å². The van der Waals surface area contributed by atoms with Crippen LogP contribution in [0.1, 0.15) is 5.56 Å². The van der Waals surface area contributed by atoms with Crippen LogP contribution in [0.15, 0.2) is 67.4 Å². The topological polar surface area (TPSA) is 84.7 Å². The molecule has 2 aromatic carbocycles. The van der Waals surface area contributed by atoms with Crippen molar-refractivity contribution < 1.29 is 14.3 Å². The van der Waals surface area contributed by atoms with Crippen molar-refractivity contribution in [1.82, 2.24) is 19.4 Å². The Morgan fingerprint density at radius 2 is 1.89 bits per heavy atom. The largest absolute Gasteiger partial charge is 0.473 e. The fourth-order valence-corrected chi connectivity index (χ4v) is 4.17. The first-order valence-electron chi connectivity index (χ1n) is 12.3. The molecule has 4 aromatic rings. The predicted molar refractivity (Wildman–Crippen MR) is 152 cm³/mol. The number of nitrogens with one attached hydrogen (secondary N) is 1. The molecule has 9 nitrogen and oxygen atoms in total. The van der Waals surface area contributed by atoms with Crippen molar-refractivity contribution in [3.05, 3.63) is 72.9 Å². The molecule has 198 valence electrons. The molecule has 9 heteroatoms. The summed E-state index contributed by atoms with van der Waals surface area (Å²) >= 11 is 0. The van der Waals surface area contributed by atoms with Gasteiger partial charge in [-0.15, -0.1) is 0 Å². The number of hydrogen-bond donors (Lipinski definition) is 1. The molecule has 0 spiro atoms. The van der Waals surface area contributed by atoms with Crippen LogP contribution in [0, 0.1) is 0 Å². The van der Waals surface area contributed by atoms with Crippen LogP contribution < -0.4 is 19.7 Å². The fourth-order valence-electron chi connectivity index (χ4n) is 4.17. The van der Waals surface area contributed by atoms with Gasteiger partial charge < -0.3 is 29.2 Å². The number of hydrogen-bond acceptors (Lipinski definition) is 7. The third-order valence-corrected chi connectivity index (χ3v) is 6.22. The van der Waals surface area contributed by atoms with Gasteiger partial charge in [0.05, 0.1) is 24.2 Å². The average molecular weight is 515 g/mol. The van der Waals surface area contributed by atoms with Gasteiger partial charge in [0, 0.05) is 55.9 Å². The predicted octanol–water partition coefficient (Wildman–Crippen LogP) is 4.35. The van der Waals surface area contributed by atoms with Crippen LogP contribution >= 0.6 is 0 Å². The molecular weight excluding hydrogens is 480 g/mol. The number of nitrogens with zero attached hydrogens (tertiary/aromatic N) is 5. The van der Waals surface area contributed by atoms with Gasteiger partial charge in [-0.2, -0.15) is 9.97 Å². The summed E-state index contributed by atoms with van der Waals surface area (Å²) in [5.41, 5.74) is 5.25. The third kappa shape index (κ3) is 6.12. The van der Waals surface area contributed by atoms with E-state index >= 15 is 0 Å². The lowest BCUT2D eigenvalue weighted by Crippen LogP contribution is -2.29. The van der Waals surface area contributed by atoms with Crippen molar-refractivity contribution in [1.29, 1.82) is 0 Å². The van der Waals surface area contributed by atoms with Crippen LogP contribution in [0.25, 0.3) is 22.2 Å². The van der Waals surface area contributed by atoms with Crippen molar-refractivity contribution in [2.75, 3.05) is 51.6 Å². The molecule has 0 radical (unpaired) electrons. The number of ether oxygens (including phenoxy) is 2. The van der Waals surface area contributed by atoms with E-state index in [1.54, 1.807) is 0 Å². The molecular formula is C29H34N6O3. The van der Waals surface area contributed by atoms with Crippen LogP contribution in [0.3, 0.4) is 0 Å². The summed E-state index contributed by atoms with van der Waals surface area (Å²) in [7, 11) is 9.60. The third-order valence-electron chi connectivity index (χ3n) is 6.22. The maximum atomic E-state index is 12.1. The smallest absolute Gasteiger partial charge is 0.320 e. The first-order valence-corrected chi connectivity index (χ1v) is 12.3. The van der Waals surface area contributed by atoms with Crippen molar-refractivity contribution in [2.45, 2.75) is 6.61 Å². The van der Waals surface area contributed by atoms with Gasteiger partial charge in [0.15, 0.2) is 0 Å². The van der Waals surface area contributed by atoms with Crippen LogP contribution in [-0.2, 0) is 18.4 Å². The first kappa shape index (κ1) is 26.7. The summed E-state index contributed by atoms with van der Waals surface area (Å²) in [4.78, 5) is 25.3. The Morgan fingerprint density at radius 1 is 1.11 bits per heavy atom. The highest BCUT2D eigenvalue weighted by Crippen LogP contribution is 2.32. The maximum Gasteiger partial charge on any atom is 0.320 e. The number of anilines is 2. The van der Waals surface area contributed by atoms with Gasteiger partial charge in [-0.1, -0.05) is 30.8 Å². The lowest BCUT2D eigenvalue weighted by Gasteiger charge is -2.24. The molecule has 0 saturated heterocycles. The van der Waals surface area contributed by atoms with Crippen molar-refractivity contribution in [3.63, 3.8) is 0 Å². The molecule has 0 saturated carbocycles. The molecule has 38 heavy (non-hydrogen) atoms. The summed E-state index contributed by atoms with van der Waals surface area (Å²) in [5, 5.41) is 4.00. The highest BCUT2D eigenvalue weighted by Gasteiger charge is 2.15. The summed E-state index contributed by atoms with van der Waals surface area (Å²) in [6.45, 7) is 5.50. The number of fused-ring (bicyclic) bond motifs is 1. The lowest BCUT2D eigenvalue weighted by molar-refractivity contribution is -0.111. The molecule has 0 bridgehead atoms. The zero-order valence-electron chi connectivity index (χ0n) is 22.6. The Kier molecular flexibility index (Phi) is 8.28. The van der Waals surface area contributed by atoms with E-state index in [9.17, 15) is 4.79 Å². The number of methoxy groups -OCH3 is 1. The van der Waals surface area contributed by atoms with Gasteiger partial charge in [-0.3, -0.25) is 4.79 Å². The number of likely N-dealkylation sites (N-methyl/N-ethyl adjacent to an activating group) is 2. The number of aromatic nitrogens is 3. The van der Waals surface area contributed by atoms with Crippen LogP contribution in [0.4, 0.5) is 11.4 Å². The number of carbonyl (C=O) groups is 1. The van der Waals surface area contributed by atoms with Crippen molar-refractivity contribution in [3.8, 4) is 23.1 Å². The molecule has 0 aliphatic heterocycles. The van der Waals surface area contributed by atoms with E-state index in [0.717, 1.165) is 40.8 Å². The lowest BCUT2D eigenvalue weighted by atomic mass is 10.1. The van der Waals surface area contributed by atoms with E-state index in [-0.39, 0.29) is 18.5 Å². The Balaban J connectivity index is 1.60. The second-order valence-corrected chi connectivity index (χ2v) is 9.31. The van der Waals surface area contributed by atoms with E-state index in [1.807, 2.05) is 70.8 Å². The molecule has 0 aliphatic rings. The monoisotopic (exact) mass is 514 g/mol. The molecule has 0 fully saturated rings. The number of benzene rings is 2. The Labute approximate surface area is 223 Å². The van der Waals surface area contributed by atoms with Gasteiger partial charge in [-0.25, -0.2) is 0 Å². The summed E-state index contributed by atoms with van der Waals surface area (Å²) in [5.74, 6) is 0.120. The van der Waals surface area contributed by atoms with E-state index in [0.29, 0.717) is 17.3 Å². The van der Waals surface area contributed by atoms with Gasteiger partial charge in [0.25, 0.3) is 0 Å². The first-order chi connectivity index (χ1) is 18.3. The van der Waals surface area contributed by atoms with Gasteiger partial charge in [0.1, 0.15) is 6.61 Å². The number of rotatable bonds is 11. The van der Waals surface area contributed by atoms with E-state index in [2.05, 4.69) is 48.4 Å². The molecule has 0 atom stereocenters. The highest BCUT2D eigenvalue weighted by atomic mass is 16.5. The van der Waals surface area contributed by atoms with E-state index < -0.39 is 0 Å². The number of para-hydroxylation sites is 1. The number of amides is 1. The summed E-state index contributed by atoms with van der Waals surface area (Å²) in [6.07, 6.45) is 3.30. The highest BCUT2D eigenvalue weighted by molar-refractivity contribution is 6.01. The summed E-state index contributed by atoms with van der Waals surface area (Å²) in [6, 6.07) is 16.1.